The smallest absolute Gasteiger partial charge is 0.412 e. The van der Waals surface area contributed by atoms with E-state index in [0.29, 0.717) is 18.5 Å². The maximum atomic E-state index is 12.7. The average molecular weight is 551 g/mol. The maximum Gasteiger partial charge on any atom is 0.412 e. The Kier molecular flexibility index (Phi) is 6.80. The number of amides is 2. The van der Waals surface area contributed by atoms with E-state index in [-0.39, 0.29) is 47.1 Å². The molecule has 1 aliphatic rings. The standard InChI is InChI=1S/C21H25N9O7S/c1-22-20(31)16-13(10-14(27-28-16)25-21(32)36-3)24-19-17(35-2)12(6-7-23-19)18-26-15(37-29-18)11-30-8-4-5-9-38(30,33)34/h6-7,10H,4-5,8-9,11H2,1-3H3,(H,22,31)(H2,23,24,25,27,32)/i1D3. The normalized spacial score (nSPS) is 16.4. The second kappa shape index (κ2) is 11.3. The number of ether oxygens (including phenoxy) is 2. The lowest BCUT2D eigenvalue weighted by Gasteiger charge is -2.24. The number of carbonyl (C=O) groups is 2. The zero-order valence-electron chi connectivity index (χ0n) is 23.2. The van der Waals surface area contributed by atoms with Crippen LogP contribution in [0.15, 0.2) is 22.9 Å². The molecule has 38 heavy (non-hydrogen) atoms. The van der Waals surface area contributed by atoms with Gasteiger partial charge in [0.05, 0.1) is 37.8 Å². The molecule has 2 amide bonds. The van der Waals surface area contributed by atoms with Gasteiger partial charge in [-0.15, -0.1) is 10.2 Å². The van der Waals surface area contributed by atoms with Crippen molar-refractivity contribution in [2.24, 2.45) is 0 Å². The Morgan fingerprint density at radius 2 is 2.11 bits per heavy atom. The highest BCUT2D eigenvalue weighted by Crippen LogP contribution is 2.36. The van der Waals surface area contributed by atoms with Gasteiger partial charge in [0.25, 0.3) is 5.91 Å². The van der Waals surface area contributed by atoms with Gasteiger partial charge in [-0.05, 0) is 18.9 Å². The number of methoxy groups -OCH3 is 2. The van der Waals surface area contributed by atoms with Crippen molar-refractivity contribution in [3.05, 3.63) is 29.9 Å². The first-order valence-corrected chi connectivity index (χ1v) is 12.7. The van der Waals surface area contributed by atoms with Gasteiger partial charge >= 0.3 is 6.09 Å². The molecule has 3 N–H and O–H groups in total. The molecular formula is C21H25N9O7S. The number of pyridine rings is 1. The van der Waals surface area contributed by atoms with Gasteiger partial charge in [0, 0.05) is 29.9 Å². The molecule has 202 valence electrons. The summed E-state index contributed by atoms with van der Waals surface area (Å²) in [6.45, 7) is -2.57. The monoisotopic (exact) mass is 550 g/mol. The van der Waals surface area contributed by atoms with Crippen molar-refractivity contribution in [2.75, 3.05) is 44.1 Å². The van der Waals surface area contributed by atoms with Gasteiger partial charge in [0.1, 0.15) is 0 Å². The van der Waals surface area contributed by atoms with Crippen molar-refractivity contribution in [3.63, 3.8) is 0 Å². The van der Waals surface area contributed by atoms with Crippen LogP contribution in [0.5, 0.6) is 5.75 Å². The third-order valence-corrected chi connectivity index (χ3v) is 7.28. The Morgan fingerprint density at radius 3 is 2.84 bits per heavy atom. The fraction of sp³-hybridized carbons (Fsp3) is 0.381. The zero-order chi connectivity index (χ0) is 29.8. The SMILES string of the molecule is [2H]C([2H])([2H])NC(=O)c1nnc(NC(=O)OC)cc1Nc1nccc(-c2noc(CN3CCCCS3(=O)=O)n2)c1OC. The summed E-state index contributed by atoms with van der Waals surface area (Å²) in [7, 11) is -0.947. The molecule has 0 unspecified atom stereocenters. The Bertz CT molecular complexity index is 1550. The van der Waals surface area contributed by atoms with Crippen LogP contribution in [0.2, 0.25) is 0 Å². The minimum Gasteiger partial charge on any atom is -0.492 e. The van der Waals surface area contributed by atoms with Crippen LogP contribution in [-0.4, -0.2) is 83.5 Å². The summed E-state index contributed by atoms with van der Waals surface area (Å²) in [5.74, 6) is -0.918. The lowest BCUT2D eigenvalue weighted by atomic mass is 10.2. The lowest BCUT2D eigenvalue weighted by molar-refractivity contribution is 0.0958. The van der Waals surface area contributed by atoms with E-state index in [1.54, 1.807) is 0 Å². The summed E-state index contributed by atoms with van der Waals surface area (Å²) < 4.78 is 63.3. The van der Waals surface area contributed by atoms with Crippen LogP contribution in [0.3, 0.4) is 0 Å². The Morgan fingerprint density at radius 1 is 1.26 bits per heavy atom. The highest BCUT2D eigenvalue weighted by atomic mass is 32.2. The van der Waals surface area contributed by atoms with E-state index >= 15 is 0 Å². The maximum absolute atomic E-state index is 12.7. The Hall–Kier alpha value is -4.38. The van der Waals surface area contributed by atoms with Crippen LogP contribution in [0.4, 0.5) is 22.1 Å². The van der Waals surface area contributed by atoms with E-state index < -0.39 is 34.7 Å². The summed E-state index contributed by atoms with van der Waals surface area (Å²) in [6, 6.07) is 2.73. The summed E-state index contributed by atoms with van der Waals surface area (Å²) in [5.41, 5.74) is -0.236. The molecule has 17 heteroatoms. The van der Waals surface area contributed by atoms with Crippen LogP contribution in [0.1, 0.15) is 33.3 Å². The molecular weight excluding hydrogens is 522 g/mol. The molecule has 0 aliphatic carbocycles. The first-order chi connectivity index (χ1) is 19.4. The van der Waals surface area contributed by atoms with E-state index in [1.807, 2.05) is 5.32 Å². The first-order valence-electron chi connectivity index (χ1n) is 12.6. The van der Waals surface area contributed by atoms with E-state index in [1.165, 1.54) is 29.7 Å². The fourth-order valence-electron chi connectivity index (χ4n) is 3.58. The van der Waals surface area contributed by atoms with Crippen molar-refractivity contribution in [2.45, 2.75) is 19.4 Å². The minimum atomic E-state index is -3.42. The highest BCUT2D eigenvalue weighted by Gasteiger charge is 2.28. The van der Waals surface area contributed by atoms with Gasteiger partial charge in [-0.25, -0.2) is 18.2 Å². The van der Waals surface area contributed by atoms with Crippen molar-refractivity contribution >= 4 is 39.3 Å². The molecule has 4 rings (SSSR count). The molecule has 16 nitrogen and oxygen atoms in total. The molecule has 3 aromatic heterocycles. The van der Waals surface area contributed by atoms with E-state index in [9.17, 15) is 18.0 Å². The molecule has 4 heterocycles. The Labute approximate surface area is 221 Å². The van der Waals surface area contributed by atoms with Gasteiger partial charge < -0.3 is 24.6 Å². The van der Waals surface area contributed by atoms with Gasteiger partial charge in [-0.1, -0.05) is 5.16 Å². The number of anilines is 3. The fourth-order valence-corrected chi connectivity index (χ4v) is 5.12. The van der Waals surface area contributed by atoms with Gasteiger partial charge in [0.15, 0.2) is 23.1 Å². The van der Waals surface area contributed by atoms with Crippen LogP contribution < -0.4 is 20.7 Å². The molecule has 0 aromatic carbocycles. The predicted octanol–water partition coefficient (Wildman–Crippen LogP) is 1.14. The number of aromatic nitrogens is 5. The first kappa shape index (κ1) is 22.8. The molecule has 1 saturated heterocycles. The van der Waals surface area contributed by atoms with Gasteiger partial charge in [-0.3, -0.25) is 10.1 Å². The largest absolute Gasteiger partial charge is 0.492 e. The summed E-state index contributed by atoms with van der Waals surface area (Å²) >= 11 is 0. The third kappa shape index (κ3) is 5.78. The number of rotatable bonds is 8. The number of hydrogen-bond donors (Lipinski definition) is 3. The zero-order valence-corrected chi connectivity index (χ0v) is 21.0. The molecule has 0 spiro atoms. The number of hydrogen-bond acceptors (Lipinski definition) is 13. The second-order valence-electron chi connectivity index (χ2n) is 7.80. The minimum absolute atomic E-state index is 0.0231. The van der Waals surface area contributed by atoms with Crippen LogP contribution in [-0.2, 0) is 21.3 Å². The molecule has 1 aliphatic heterocycles. The van der Waals surface area contributed by atoms with Crippen LogP contribution >= 0.6 is 0 Å². The quantitative estimate of drug-likeness (QED) is 0.360. The molecule has 0 saturated carbocycles. The number of carbonyl (C=O) groups excluding carboxylic acids is 2. The van der Waals surface area contributed by atoms with Crippen molar-refractivity contribution < 1.29 is 36.1 Å². The topological polar surface area (TPSA) is 204 Å². The van der Waals surface area contributed by atoms with Crippen LogP contribution in [0, 0.1) is 0 Å². The highest BCUT2D eigenvalue weighted by molar-refractivity contribution is 7.89. The van der Waals surface area contributed by atoms with Crippen molar-refractivity contribution in [1.82, 2.24) is 34.9 Å². The number of sulfonamides is 1. The predicted molar refractivity (Wildman–Crippen MR) is 132 cm³/mol. The van der Waals surface area contributed by atoms with Gasteiger partial charge in [0.2, 0.25) is 21.7 Å². The van der Waals surface area contributed by atoms with Crippen LogP contribution in [0.25, 0.3) is 11.4 Å². The molecule has 3 aromatic rings. The molecule has 0 radical (unpaired) electrons. The van der Waals surface area contributed by atoms with E-state index in [0.717, 1.165) is 13.5 Å². The summed E-state index contributed by atoms with van der Waals surface area (Å²) in [5, 5.41) is 18.3. The van der Waals surface area contributed by atoms with Gasteiger partial charge in [-0.2, -0.15) is 9.29 Å². The van der Waals surface area contributed by atoms with E-state index in [4.69, 9.17) is 13.4 Å². The Balaban J connectivity index is 1.67. The molecule has 0 atom stereocenters. The average Bonchev–Trinajstić information content (AvgIpc) is 3.37. The molecule has 1 fully saturated rings. The summed E-state index contributed by atoms with van der Waals surface area (Å²) in [4.78, 5) is 32.8. The third-order valence-electron chi connectivity index (χ3n) is 5.37. The van der Waals surface area contributed by atoms with Crippen molar-refractivity contribution in [3.8, 4) is 17.1 Å². The number of nitrogens with one attached hydrogen (secondary N) is 3. The van der Waals surface area contributed by atoms with Crippen molar-refractivity contribution in [1.29, 1.82) is 0 Å². The molecule has 0 bridgehead atoms. The van der Waals surface area contributed by atoms with E-state index in [2.05, 4.69) is 40.7 Å². The number of nitrogens with zero attached hydrogens (tertiary/aromatic N) is 6. The second-order valence-corrected chi connectivity index (χ2v) is 9.88. The summed E-state index contributed by atoms with van der Waals surface area (Å²) in [6.07, 6.45) is 1.81. The lowest BCUT2D eigenvalue weighted by Crippen LogP contribution is -2.37.